The number of carboxylic acid groups (broad SMARTS) is 1. The van der Waals surface area contributed by atoms with Gasteiger partial charge in [0.25, 0.3) is 10.0 Å². The van der Waals surface area contributed by atoms with Crippen molar-refractivity contribution in [2.45, 2.75) is 64.1 Å². The Bertz CT molecular complexity index is 1560. The van der Waals surface area contributed by atoms with Crippen LogP contribution < -0.4 is 9.46 Å². The number of sulfonamides is 1. The molecule has 0 saturated heterocycles. The van der Waals surface area contributed by atoms with Crippen molar-refractivity contribution in [3.05, 3.63) is 76.3 Å². The molecule has 8 nitrogen and oxygen atoms in total. The van der Waals surface area contributed by atoms with Crippen LogP contribution in [0, 0.1) is 25.2 Å². The number of carboxylic acids is 1. The van der Waals surface area contributed by atoms with Gasteiger partial charge in [-0.2, -0.15) is 5.26 Å². The summed E-state index contributed by atoms with van der Waals surface area (Å²) in [6.45, 7) is 9.50. The lowest BCUT2D eigenvalue weighted by Crippen LogP contribution is -2.28. The molecule has 9 heteroatoms. The third-order valence-electron chi connectivity index (χ3n) is 6.53. The second-order valence-electron chi connectivity index (χ2n) is 10.6. The molecule has 1 unspecified atom stereocenters. The molecule has 0 aliphatic carbocycles. The van der Waals surface area contributed by atoms with Gasteiger partial charge in [0.05, 0.1) is 34.4 Å². The van der Waals surface area contributed by atoms with Crippen LogP contribution in [0.15, 0.2) is 53.4 Å². The fraction of sp³-hybridized carbons (Fsp3) is 0.333. The summed E-state index contributed by atoms with van der Waals surface area (Å²) in [6, 6.07) is 15.1. The van der Waals surface area contributed by atoms with Crippen molar-refractivity contribution >= 4 is 21.7 Å². The average molecular weight is 549 g/mol. The van der Waals surface area contributed by atoms with Crippen molar-refractivity contribution in [2.75, 3.05) is 11.3 Å². The molecule has 2 N–H and O–H groups in total. The van der Waals surface area contributed by atoms with Crippen molar-refractivity contribution in [3.63, 3.8) is 0 Å². The molecule has 0 bridgehead atoms. The van der Waals surface area contributed by atoms with Crippen LogP contribution in [0.5, 0.6) is 5.75 Å². The first-order chi connectivity index (χ1) is 18.3. The predicted octanol–water partition coefficient (Wildman–Crippen LogP) is 5.91. The number of rotatable bonds is 7. The maximum absolute atomic E-state index is 13.3. The SMILES string of the molecule is Cc1cc(NS(=O)(=O)c2ccc(C#N)cc2)c(C)c(C(OC(C)(C)C)C(=O)O)c1-c1ccc2c(c1)CCCO2. The number of carbonyl (C=O) groups is 1. The van der Waals surface area contributed by atoms with Gasteiger partial charge in [0, 0.05) is 5.56 Å². The van der Waals surface area contributed by atoms with E-state index in [2.05, 4.69) is 4.72 Å². The fourth-order valence-electron chi connectivity index (χ4n) is 4.77. The second kappa shape index (κ2) is 10.7. The molecule has 0 aromatic heterocycles. The predicted molar refractivity (Wildman–Crippen MR) is 148 cm³/mol. The van der Waals surface area contributed by atoms with Crippen molar-refractivity contribution in [1.82, 2.24) is 0 Å². The van der Waals surface area contributed by atoms with E-state index in [9.17, 15) is 18.3 Å². The molecular weight excluding hydrogens is 516 g/mol. The van der Waals surface area contributed by atoms with Crippen LogP contribution in [0.25, 0.3) is 11.1 Å². The summed E-state index contributed by atoms with van der Waals surface area (Å²) >= 11 is 0. The van der Waals surface area contributed by atoms with E-state index in [1.54, 1.807) is 33.8 Å². The first-order valence-electron chi connectivity index (χ1n) is 12.6. The summed E-state index contributed by atoms with van der Waals surface area (Å²) < 4.78 is 41.0. The number of hydrogen-bond acceptors (Lipinski definition) is 6. The van der Waals surface area contributed by atoms with Crippen LogP contribution in [0.1, 0.15) is 61.1 Å². The highest BCUT2D eigenvalue weighted by Gasteiger charge is 2.33. The van der Waals surface area contributed by atoms with Gasteiger partial charge in [0.15, 0.2) is 6.10 Å². The quantitative estimate of drug-likeness (QED) is 0.376. The number of nitrogens with zero attached hydrogens (tertiary/aromatic N) is 1. The molecule has 204 valence electrons. The minimum atomic E-state index is -4.03. The van der Waals surface area contributed by atoms with Gasteiger partial charge in [-0.05, 0) is 118 Å². The van der Waals surface area contributed by atoms with Crippen LogP contribution in [0.2, 0.25) is 0 Å². The van der Waals surface area contributed by atoms with Gasteiger partial charge < -0.3 is 14.6 Å². The van der Waals surface area contributed by atoms with Crippen molar-refractivity contribution < 1.29 is 27.8 Å². The lowest BCUT2D eigenvalue weighted by Gasteiger charge is -2.30. The third kappa shape index (κ3) is 6.08. The Morgan fingerprint density at radius 3 is 2.44 bits per heavy atom. The van der Waals surface area contributed by atoms with E-state index in [1.807, 2.05) is 31.2 Å². The van der Waals surface area contributed by atoms with Gasteiger partial charge in [0.2, 0.25) is 0 Å². The molecule has 3 aromatic rings. The summed E-state index contributed by atoms with van der Waals surface area (Å²) in [7, 11) is -4.03. The summed E-state index contributed by atoms with van der Waals surface area (Å²) in [6.07, 6.45) is 0.382. The van der Waals surface area contributed by atoms with Crippen LogP contribution in [-0.4, -0.2) is 31.7 Å². The third-order valence-corrected chi connectivity index (χ3v) is 7.91. The number of benzene rings is 3. The molecule has 1 atom stereocenters. The Morgan fingerprint density at radius 1 is 1.13 bits per heavy atom. The number of fused-ring (bicyclic) bond motifs is 1. The van der Waals surface area contributed by atoms with Gasteiger partial charge in [-0.3, -0.25) is 4.72 Å². The Labute approximate surface area is 229 Å². The summed E-state index contributed by atoms with van der Waals surface area (Å²) in [4.78, 5) is 12.6. The van der Waals surface area contributed by atoms with Gasteiger partial charge in [-0.25, -0.2) is 13.2 Å². The van der Waals surface area contributed by atoms with Crippen molar-refractivity contribution in [2.24, 2.45) is 0 Å². The molecular formula is C30H32N2O6S. The lowest BCUT2D eigenvalue weighted by atomic mass is 9.86. The van der Waals surface area contributed by atoms with E-state index in [-0.39, 0.29) is 10.6 Å². The smallest absolute Gasteiger partial charge is 0.337 e. The van der Waals surface area contributed by atoms with E-state index in [1.165, 1.54) is 24.3 Å². The monoisotopic (exact) mass is 548 g/mol. The Balaban J connectivity index is 1.91. The molecule has 0 spiro atoms. The largest absolute Gasteiger partial charge is 0.493 e. The second-order valence-corrected chi connectivity index (χ2v) is 12.3. The molecule has 0 saturated carbocycles. The summed E-state index contributed by atoms with van der Waals surface area (Å²) in [5, 5.41) is 19.4. The van der Waals surface area contributed by atoms with Crippen molar-refractivity contribution in [3.8, 4) is 22.9 Å². The Kier molecular flexibility index (Phi) is 7.73. The normalized spacial score (nSPS) is 14.1. The first kappa shape index (κ1) is 28.1. The minimum absolute atomic E-state index is 0.0143. The number of aryl methyl sites for hydroxylation is 2. The van der Waals surface area contributed by atoms with Crippen molar-refractivity contribution in [1.29, 1.82) is 5.26 Å². The highest BCUT2D eigenvalue weighted by Crippen LogP contribution is 2.42. The molecule has 1 aliphatic rings. The maximum Gasteiger partial charge on any atom is 0.337 e. The molecule has 0 radical (unpaired) electrons. The summed E-state index contributed by atoms with van der Waals surface area (Å²) in [5.74, 6) is -0.365. The fourth-order valence-corrected chi connectivity index (χ4v) is 5.89. The van der Waals surface area contributed by atoms with E-state index < -0.39 is 27.7 Å². The number of nitriles is 1. The number of hydrogen-bond donors (Lipinski definition) is 2. The first-order valence-corrected chi connectivity index (χ1v) is 14.1. The average Bonchev–Trinajstić information content (AvgIpc) is 2.88. The highest BCUT2D eigenvalue weighted by atomic mass is 32.2. The van der Waals surface area contributed by atoms with E-state index in [0.717, 1.165) is 29.7 Å². The maximum atomic E-state index is 13.3. The molecule has 0 fully saturated rings. The minimum Gasteiger partial charge on any atom is -0.493 e. The highest BCUT2D eigenvalue weighted by molar-refractivity contribution is 7.92. The van der Waals surface area contributed by atoms with Crippen LogP contribution >= 0.6 is 0 Å². The summed E-state index contributed by atoms with van der Waals surface area (Å²) in [5.41, 5.74) is 3.84. The van der Waals surface area contributed by atoms with E-state index in [4.69, 9.17) is 14.7 Å². The molecule has 3 aromatic carbocycles. The lowest BCUT2D eigenvalue weighted by molar-refractivity contribution is -0.160. The molecule has 4 rings (SSSR count). The standard InChI is InChI=1S/C30H32N2O6S/c1-18-15-24(32-39(35,36)23-11-8-20(17-31)9-12-23)19(2)27(28(29(33)34)38-30(3,4)5)26(18)22-10-13-25-21(16-22)7-6-14-37-25/h8-13,15-16,28,32H,6-7,14H2,1-5H3,(H,33,34). The topological polar surface area (TPSA) is 126 Å². The Hall–Kier alpha value is -3.87. The number of aliphatic carboxylic acids is 1. The Morgan fingerprint density at radius 2 is 1.82 bits per heavy atom. The number of nitrogens with one attached hydrogen (secondary N) is 1. The van der Waals surface area contributed by atoms with Gasteiger partial charge in [0.1, 0.15) is 5.75 Å². The van der Waals surface area contributed by atoms with E-state index >= 15 is 0 Å². The van der Waals surface area contributed by atoms with Gasteiger partial charge >= 0.3 is 5.97 Å². The number of ether oxygens (including phenoxy) is 2. The number of anilines is 1. The van der Waals surface area contributed by atoms with Crippen LogP contribution in [-0.2, 0) is 26.0 Å². The molecule has 0 amide bonds. The molecule has 1 heterocycles. The van der Waals surface area contributed by atoms with Crippen LogP contribution in [0.4, 0.5) is 5.69 Å². The zero-order valence-electron chi connectivity index (χ0n) is 22.7. The molecule has 1 aliphatic heterocycles. The van der Waals surface area contributed by atoms with E-state index in [0.29, 0.717) is 34.4 Å². The zero-order chi connectivity index (χ0) is 28.5. The molecule has 39 heavy (non-hydrogen) atoms. The zero-order valence-corrected chi connectivity index (χ0v) is 23.5. The van der Waals surface area contributed by atoms with Gasteiger partial charge in [-0.1, -0.05) is 6.07 Å². The van der Waals surface area contributed by atoms with Gasteiger partial charge in [-0.15, -0.1) is 0 Å². The van der Waals surface area contributed by atoms with Crippen LogP contribution in [0.3, 0.4) is 0 Å².